The lowest BCUT2D eigenvalue weighted by Crippen LogP contribution is -2.47. The molecule has 2 aromatic carbocycles. The summed E-state index contributed by atoms with van der Waals surface area (Å²) >= 11 is 0. The Hall–Kier alpha value is -3.32. The number of hydrogen-bond acceptors (Lipinski definition) is 6. The topological polar surface area (TPSA) is 79.1 Å². The minimum atomic E-state index is -0.0987. The monoisotopic (exact) mass is 462 g/mol. The molecule has 7 nitrogen and oxygen atoms in total. The average molecular weight is 463 g/mol. The SMILES string of the molecule is N/C(=C\C(=O)CN1CCCCCC1=O)CN1CCN(c2ccccc2Oc2ccccc2)CC1. The molecule has 0 saturated carbocycles. The number of carbonyl (C=O) groups is 2. The van der Waals surface area contributed by atoms with E-state index in [4.69, 9.17) is 10.5 Å². The van der Waals surface area contributed by atoms with Gasteiger partial charge in [0.1, 0.15) is 5.75 Å². The number of ether oxygens (including phenoxy) is 1. The van der Waals surface area contributed by atoms with E-state index in [9.17, 15) is 9.59 Å². The summed E-state index contributed by atoms with van der Waals surface area (Å²) in [7, 11) is 0. The van der Waals surface area contributed by atoms with Crippen molar-refractivity contribution in [1.29, 1.82) is 0 Å². The minimum absolute atomic E-state index is 0.0745. The van der Waals surface area contributed by atoms with Crippen molar-refractivity contribution in [2.75, 3.05) is 50.7 Å². The van der Waals surface area contributed by atoms with Crippen molar-refractivity contribution in [3.05, 3.63) is 66.4 Å². The van der Waals surface area contributed by atoms with Crippen molar-refractivity contribution in [1.82, 2.24) is 9.80 Å². The van der Waals surface area contributed by atoms with Gasteiger partial charge in [-0.25, -0.2) is 0 Å². The molecule has 1 amide bonds. The van der Waals surface area contributed by atoms with Crippen LogP contribution in [0.5, 0.6) is 11.5 Å². The number of rotatable bonds is 8. The molecule has 180 valence electrons. The van der Waals surface area contributed by atoms with Gasteiger partial charge in [0, 0.05) is 57.5 Å². The Morgan fingerprint density at radius 3 is 2.41 bits per heavy atom. The van der Waals surface area contributed by atoms with Crippen LogP contribution in [0.4, 0.5) is 5.69 Å². The molecule has 0 aromatic heterocycles. The normalized spacial score (nSPS) is 18.0. The molecule has 0 atom stereocenters. The third-order valence-corrected chi connectivity index (χ3v) is 6.32. The number of para-hydroxylation sites is 3. The van der Waals surface area contributed by atoms with Crippen molar-refractivity contribution >= 4 is 17.4 Å². The van der Waals surface area contributed by atoms with E-state index in [0.29, 0.717) is 25.2 Å². The van der Waals surface area contributed by atoms with Crippen LogP contribution in [0.15, 0.2) is 66.4 Å². The molecule has 2 saturated heterocycles. The molecule has 2 N–H and O–H groups in total. The van der Waals surface area contributed by atoms with Gasteiger partial charge in [-0.15, -0.1) is 0 Å². The highest BCUT2D eigenvalue weighted by molar-refractivity contribution is 5.94. The largest absolute Gasteiger partial charge is 0.455 e. The number of benzene rings is 2. The van der Waals surface area contributed by atoms with Crippen LogP contribution >= 0.6 is 0 Å². The summed E-state index contributed by atoms with van der Waals surface area (Å²) in [6, 6.07) is 17.9. The Balaban J connectivity index is 1.28. The Morgan fingerprint density at radius 2 is 1.62 bits per heavy atom. The van der Waals surface area contributed by atoms with Gasteiger partial charge in [0.25, 0.3) is 0 Å². The van der Waals surface area contributed by atoms with Crippen molar-refractivity contribution < 1.29 is 14.3 Å². The molecule has 7 heteroatoms. The predicted octanol–water partition coefficient (Wildman–Crippen LogP) is 3.42. The predicted molar refractivity (Wildman–Crippen MR) is 134 cm³/mol. The van der Waals surface area contributed by atoms with Gasteiger partial charge < -0.3 is 20.3 Å². The van der Waals surface area contributed by atoms with Gasteiger partial charge in [-0.1, -0.05) is 36.8 Å². The smallest absolute Gasteiger partial charge is 0.222 e. The number of ketones is 1. The zero-order valence-corrected chi connectivity index (χ0v) is 19.7. The highest BCUT2D eigenvalue weighted by Gasteiger charge is 2.21. The Kier molecular flexibility index (Phi) is 8.20. The van der Waals surface area contributed by atoms with Crippen molar-refractivity contribution in [2.45, 2.75) is 25.7 Å². The molecule has 2 aromatic rings. The van der Waals surface area contributed by atoms with Gasteiger partial charge in [0.05, 0.1) is 12.2 Å². The van der Waals surface area contributed by atoms with E-state index in [-0.39, 0.29) is 18.2 Å². The first-order chi connectivity index (χ1) is 16.6. The van der Waals surface area contributed by atoms with Crippen molar-refractivity contribution in [3.63, 3.8) is 0 Å². The number of anilines is 1. The number of likely N-dealkylation sites (tertiary alicyclic amines) is 1. The van der Waals surface area contributed by atoms with Crippen LogP contribution in [0.3, 0.4) is 0 Å². The molecule has 0 bridgehead atoms. The van der Waals surface area contributed by atoms with Crippen LogP contribution in [0.25, 0.3) is 0 Å². The molecular weight excluding hydrogens is 428 g/mol. The number of nitrogens with zero attached hydrogens (tertiary/aromatic N) is 3. The van der Waals surface area contributed by atoms with E-state index in [0.717, 1.165) is 62.6 Å². The molecule has 2 aliphatic heterocycles. The van der Waals surface area contributed by atoms with Crippen LogP contribution in [-0.4, -0.2) is 67.3 Å². The summed E-state index contributed by atoms with van der Waals surface area (Å²) in [5, 5.41) is 0. The average Bonchev–Trinajstić information content (AvgIpc) is 3.04. The standard InChI is InChI=1S/C27H34N4O3/c28-22(19-23(32)21-31-14-8-2-5-13-27(31)33)20-29-15-17-30(18-16-29)25-11-6-7-12-26(25)34-24-9-3-1-4-10-24/h1,3-4,6-7,9-12,19H,2,5,8,13-18,20-21,28H2/b22-19-. The lowest BCUT2D eigenvalue weighted by Gasteiger charge is -2.36. The third-order valence-electron chi connectivity index (χ3n) is 6.32. The van der Waals surface area contributed by atoms with Crippen LogP contribution in [-0.2, 0) is 9.59 Å². The summed E-state index contributed by atoms with van der Waals surface area (Å²) in [5.41, 5.74) is 7.82. The third kappa shape index (κ3) is 6.60. The van der Waals surface area contributed by atoms with Gasteiger partial charge >= 0.3 is 0 Å². The van der Waals surface area contributed by atoms with E-state index in [2.05, 4.69) is 15.9 Å². The van der Waals surface area contributed by atoms with E-state index in [1.54, 1.807) is 4.90 Å². The second-order valence-corrected chi connectivity index (χ2v) is 8.96. The van der Waals surface area contributed by atoms with Gasteiger partial charge in [-0.3, -0.25) is 14.5 Å². The quantitative estimate of drug-likeness (QED) is 0.606. The highest BCUT2D eigenvalue weighted by atomic mass is 16.5. The van der Waals surface area contributed by atoms with Crippen LogP contribution in [0, 0.1) is 0 Å². The van der Waals surface area contributed by atoms with Gasteiger partial charge in [0.2, 0.25) is 5.91 Å². The fourth-order valence-electron chi connectivity index (χ4n) is 4.52. The molecule has 34 heavy (non-hydrogen) atoms. The first kappa shape index (κ1) is 23.8. The Morgan fingerprint density at radius 1 is 0.882 bits per heavy atom. The number of piperazine rings is 1. The first-order valence-electron chi connectivity index (χ1n) is 12.1. The van der Waals surface area contributed by atoms with E-state index >= 15 is 0 Å². The van der Waals surface area contributed by atoms with E-state index in [1.165, 1.54) is 6.08 Å². The summed E-state index contributed by atoms with van der Waals surface area (Å²) in [6.07, 6.45) is 4.96. The highest BCUT2D eigenvalue weighted by Crippen LogP contribution is 2.32. The lowest BCUT2D eigenvalue weighted by molar-refractivity contribution is -0.133. The number of carbonyl (C=O) groups excluding carboxylic acids is 2. The Bertz CT molecular complexity index is 1000. The fraction of sp³-hybridized carbons (Fsp3) is 0.407. The zero-order valence-electron chi connectivity index (χ0n) is 19.7. The number of nitrogens with two attached hydrogens (primary N) is 1. The summed E-state index contributed by atoms with van der Waals surface area (Å²) in [6.45, 7) is 4.72. The van der Waals surface area contributed by atoms with Crippen LogP contribution < -0.4 is 15.4 Å². The van der Waals surface area contributed by atoms with Gasteiger partial charge in [-0.2, -0.15) is 0 Å². The maximum atomic E-state index is 12.5. The van der Waals surface area contributed by atoms with E-state index in [1.807, 2.05) is 48.5 Å². The summed E-state index contributed by atoms with van der Waals surface area (Å²) in [4.78, 5) is 30.8. The maximum absolute atomic E-state index is 12.5. The molecule has 2 heterocycles. The molecule has 4 rings (SSSR count). The maximum Gasteiger partial charge on any atom is 0.222 e. The molecule has 0 aliphatic carbocycles. The number of amides is 1. The second-order valence-electron chi connectivity index (χ2n) is 8.96. The van der Waals surface area contributed by atoms with Crippen molar-refractivity contribution in [2.24, 2.45) is 5.73 Å². The minimum Gasteiger partial charge on any atom is -0.455 e. The summed E-state index contributed by atoms with van der Waals surface area (Å²) in [5.74, 6) is 1.64. The molecule has 0 radical (unpaired) electrons. The van der Waals surface area contributed by atoms with Gasteiger partial charge in [-0.05, 0) is 37.1 Å². The fourth-order valence-corrected chi connectivity index (χ4v) is 4.52. The molecular formula is C27H34N4O3. The molecule has 2 aliphatic rings. The van der Waals surface area contributed by atoms with Crippen LogP contribution in [0.1, 0.15) is 25.7 Å². The first-order valence-corrected chi connectivity index (χ1v) is 12.1. The summed E-state index contributed by atoms with van der Waals surface area (Å²) < 4.78 is 6.13. The van der Waals surface area contributed by atoms with Crippen molar-refractivity contribution in [3.8, 4) is 11.5 Å². The van der Waals surface area contributed by atoms with Gasteiger partial charge in [0.15, 0.2) is 11.5 Å². The van der Waals surface area contributed by atoms with Crippen LogP contribution in [0.2, 0.25) is 0 Å². The molecule has 0 spiro atoms. The number of hydrogen-bond donors (Lipinski definition) is 1. The Labute approximate surface area is 201 Å². The molecule has 2 fully saturated rings. The van der Waals surface area contributed by atoms with E-state index < -0.39 is 0 Å². The zero-order chi connectivity index (χ0) is 23.8. The second kappa shape index (κ2) is 11.7. The molecule has 0 unspecified atom stereocenters. The lowest BCUT2D eigenvalue weighted by atomic mass is 10.2.